The van der Waals surface area contributed by atoms with E-state index >= 15 is 0 Å². The number of benzene rings is 2. The van der Waals surface area contributed by atoms with E-state index in [1.165, 1.54) is 0 Å². The van der Waals surface area contributed by atoms with E-state index in [4.69, 9.17) is 12.2 Å². The van der Waals surface area contributed by atoms with Crippen molar-refractivity contribution >= 4 is 34.5 Å². The zero-order chi connectivity index (χ0) is 16.9. The maximum Gasteiger partial charge on any atom is 0.257 e. The van der Waals surface area contributed by atoms with Crippen LogP contribution in [0.5, 0.6) is 0 Å². The minimum Gasteiger partial charge on any atom is -0.332 e. The molecule has 4 heteroatoms. The van der Waals surface area contributed by atoms with E-state index in [9.17, 15) is 4.79 Å². The van der Waals surface area contributed by atoms with Crippen molar-refractivity contribution in [3.8, 4) is 0 Å². The van der Waals surface area contributed by atoms with Crippen LogP contribution in [0.1, 0.15) is 21.5 Å². The summed E-state index contributed by atoms with van der Waals surface area (Å²) < 4.78 is 0. The molecule has 0 unspecified atom stereocenters. The first kappa shape index (κ1) is 15.9. The molecule has 0 atom stereocenters. The zero-order valence-corrected chi connectivity index (χ0v) is 14.0. The summed E-state index contributed by atoms with van der Waals surface area (Å²) >= 11 is 5.23. The fraction of sp³-hybridized carbons (Fsp3) is 0.0500. The summed E-state index contributed by atoms with van der Waals surface area (Å²) in [5, 5.41) is 6.00. The van der Waals surface area contributed by atoms with Gasteiger partial charge in [0.25, 0.3) is 5.91 Å². The van der Waals surface area contributed by atoms with E-state index in [0.29, 0.717) is 5.56 Å². The second-order valence-electron chi connectivity index (χ2n) is 5.44. The van der Waals surface area contributed by atoms with E-state index in [-0.39, 0.29) is 11.0 Å². The average molecular weight is 332 g/mol. The number of nitrogens with one attached hydrogen (secondary N) is 2. The number of rotatable bonds is 3. The summed E-state index contributed by atoms with van der Waals surface area (Å²) in [6.45, 7) is 1.98. The van der Waals surface area contributed by atoms with Crippen LogP contribution in [-0.2, 0) is 0 Å². The van der Waals surface area contributed by atoms with Crippen molar-refractivity contribution in [2.24, 2.45) is 0 Å². The maximum atomic E-state index is 12.2. The Morgan fingerprint density at radius 2 is 1.92 bits per heavy atom. The SMILES string of the molecule is Cc1ccc(C(=O)NC(=S)Nc2cccc(C3=C=CC=C3)c2)cc1. The van der Waals surface area contributed by atoms with Gasteiger partial charge in [0, 0.05) is 16.8 Å². The van der Waals surface area contributed by atoms with Crippen molar-refractivity contribution in [3.63, 3.8) is 0 Å². The molecule has 1 aliphatic carbocycles. The maximum absolute atomic E-state index is 12.2. The van der Waals surface area contributed by atoms with Gasteiger partial charge in [0.15, 0.2) is 5.11 Å². The van der Waals surface area contributed by atoms with E-state index < -0.39 is 0 Å². The van der Waals surface area contributed by atoms with Crippen LogP contribution in [0.25, 0.3) is 5.57 Å². The Morgan fingerprint density at radius 1 is 1.12 bits per heavy atom. The predicted octanol–water partition coefficient (Wildman–Crippen LogP) is 4.23. The van der Waals surface area contributed by atoms with Crippen LogP contribution in [-0.4, -0.2) is 11.0 Å². The number of hydrogen-bond acceptors (Lipinski definition) is 2. The summed E-state index contributed by atoms with van der Waals surface area (Å²) in [5.41, 5.74) is 7.72. The highest BCUT2D eigenvalue weighted by molar-refractivity contribution is 7.80. The first-order chi connectivity index (χ1) is 11.6. The van der Waals surface area contributed by atoms with E-state index in [2.05, 4.69) is 16.4 Å². The van der Waals surface area contributed by atoms with Crippen LogP contribution in [0.4, 0.5) is 5.69 Å². The third kappa shape index (κ3) is 3.87. The molecule has 2 N–H and O–H groups in total. The molecular weight excluding hydrogens is 316 g/mol. The van der Waals surface area contributed by atoms with Crippen molar-refractivity contribution in [3.05, 3.63) is 89.2 Å². The van der Waals surface area contributed by atoms with Gasteiger partial charge in [-0.2, -0.15) is 0 Å². The number of amides is 1. The lowest BCUT2D eigenvalue weighted by atomic mass is 10.1. The quantitative estimate of drug-likeness (QED) is 0.653. The van der Waals surface area contributed by atoms with Gasteiger partial charge in [0.1, 0.15) is 0 Å². The molecule has 118 valence electrons. The summed E-state index contributed by atoms with van der Waals surface area (Å²) in [6.07, 6.45) is 5.82. The summed E-state index contributed by atoms with van der Waals surface area (Å²) in [4.78, 5) is 12.2. The molecule has 1 aliphatic rings. The van der Waals surface area contributed by atoms with Crippen molar-refractivity contribution in [1.82, 2.24) is 5.32 Å². The standard InChI is InChI=1S/C20H16N2OS/c1-14-9-11-16(12-10-14)19(23)22-20(24)21-18-8-4-7-17(13-18)15-5-2-3-6-15/h2-5,7-13H,1H3,(H2,21,22,23,24). The van der Waals surface area contributed by atoms with Crippen LogP contribution in [0.2, 0.25) is 0 Å². The molecule has 0 bridgehead atoms. The highest BCUT2D eigenvalue weighted by Crippen LogP contribution is 2.21. The largest absolute Gasteiger partial charge is 0.332 e. The Labute approximate surface area is 146 Å². The lowest BCUT2D eigenvalue weighted by Gasteiger charge is -2.11. The van der Waals surface area contributed by atoms with E-state index in [1.807, 2.05) is 61.5 Å². The van der Waals surface area contributed by atoms with E-state index in [1.54, 1.807) is 12.1 Å². The van der Waals surface area contributed by atoms with Gasteiger partial charge in [-0.05, 0) is 61.1 Å². The predicted molar refractivity (Wildman–Crippen MR) is 102 cm³/mol. The molecule has 2 aromatic rings. The van der Waals surface area contributed by atoms with E-state index in [0.717, 1.165) is 22.4 Å². The molecule has 3 rings (SSSR count). The van der Waals surface area contributed by atoms with Gasteiger partial charge < -0.3 is 5.32 Å². The molecule has 0 saturated carbocycles. The molecule has 3 nitrogen and oxygen atoms in total. The lowest BCUT2D eigenvalue weighted by molar-refractivity contribution is 0.0978. The monoisotopic (exact) mass is 332 g/mol. The molecule has 0 fully saturated rings. The number of thiocarbonyl (C=S) groups is 1. The van der Waals surface area contributed by atoms with Gasteiger partial charge in [0.2, 0.25) is 0 Å². The summed E-state index contributed by atoms with van der Waals surface area (Å²) in [6, 6.07) is 15.1. The van der Waals surface area contributed by atoms with Crippen LogP contribution in [0.3, 0.4) is 0 Å². The Morgan fingerprint density at radius 3 is 2.62 bits per heavy atom. The van der Waals surface area contributed by atoms with Gasteiger partial charge in [-0.15, -0.1) is 5.73 Å². The zero-order valence-electron chi connectivity index (χ0n) is 13.2. The lowest BCUT2D eigenvalue weighted by Crippen LogP contribution is -2.34. The van der Waals surface area contributed by atoms with Crippen molar-refractivity contribution in [2.75, 3.05) is 5.32 Å². The van der Waals surface area contributed by atoms with Gasteiger partial charge in [-0.3, -0.25) is 10.1 Å². The molecule has 1 amide bonds. The number of carbonyl (C=O) groups is 1. The van der Waals surface area contributed by atoms with Crippen LogP contribution in [0.15, 0.2) is 72.5 Å². The molecule has 2 aromatic carbocycles. The average Bonchev–Trinajstić information content (AvgIpc) is 3.10. The summed E-state index contributed by atoms with van der Waals surface area (Å²) in [5.74, 6) is -0.229. The van der Waals surface area contributed by atoms with Crippen molar-refractivity contribution in [1.29, 1.82) is 0 Å². The number of hydrogen-bond donors (Lipinski definition) is 2. The first-order valence-electron chi connectivity index (χ1n) is 7.54. The van der Waals surface area contributed by atoms with Gasteiger partial charge in [-0.25, -0.2) is 0 Å². The Bertz CT molecular complexity index is 888. The highest BCUT2D eigenvalue weighted by atomic mass is 32.1. The minimum atomic E-state index is -0.229. The fourth-order valence-electron chi connectivity index (χ4n) is 2.32. The molecule has 0 saturated heterocycles. The topological polar surface area (TPSA) is 41.1 Å². The second kappa shape index (κ2) is 7.09. The third-order valence-corrected chi connectivity index (χ3v) is 3.77. The molecule has 0 heterocycles. The fourth-order valence-corrected chi connectivity index (χ4v) is 2.53. The van der Waals surface area contributed by atoms with Crippen LogP contribution < -0.4 is 10.6 Å². The van der Waals surface area contributed by atoms with Gasteiger partial charge in [-0.1, -0.05) is 35.9 Å². The van der Waals surface area contributed by atoms with Crippen molar-refractivity contribution < 1.29 is 4.79 Å². The number of aryl methyl sites for hydroxylation is 1. The minimum absolute atomic E-state index is 0.229. The number of anilines is 1. The molecule has 0 aliphatic heterocycles. The normalized spacial score (nSPS) is 12.0. The third-order valence-electron chi connectivity index (χ3n) is 3.57. The molecule has 0 spiro atoms. The number of carbonyl (C=O) groups excluding carboxylic acids is 1. The molecule has 0 radical (unpaired) electrons. The van der Waals surface area contributed by atoms with Crippen LogP contribution >= 0.6 is 12.2 Å². The molecule has 24 heavy (non-hydrogen) atoms. The Hall–Kier alpha value is -2.94. The van der Waals surface area contributed by atoms with Gasteiger partial charge >= 0.3 is 0 Å². The molecule has 0 aromatic heterocycles. The number of allylic oxidation sites excluding steroid dienone is 3. The first-order valence-corrected chi connectivity index (χ1v) is 7.95. The Kier molecular flexibility index (Phi) is 4.71. The summed E-state index contributed by atoms with van der Waals surface area (Å²) in [7, 11) is 0. The second-order valence-corrected chi connectivity index (χ2v) is 5.85. The molecular formula is C20H16N2OS. The van der Waals surface area contributed by atoms with Crippen LogP contribution in [0, 0.1) is 6.92 Å². The smallest absolute Gasteiger partial charge is 0.257 e. The van der Waals surface area contributed by atoms with Crippen molar-refractivity contribution in [2.45, 2.75) is 6.92 Å². The van der Waals surface area contributed by atoms with Gasteiger partial charge in [0.05, 0.1) is 0 Å². The highest BCUT2D eigenvalue weighted by Gasteiger charge is 2.08. The Balaban J connectivity index is 1.65.